The van der Waals surface area contributed by atoms with Gasteiger partial charge >= 0.3 is 0 Å². The van der Waals surface area contributed by atoms with Gasteiger partial charge in [-0.25, -0.2) is 4.57 Å². The third-order valence-corrected chi connectivity index (χ3v) is 3.15. The van der Waals surface area contributed by atoms with E-state index in [1.54, 1.807) is 6.07 Å². The van der Waals surface area contributed by atoms with Crippen molar-refractivity contribution in [2.24, 2.45) is 7.05 Å². The van der Waals surface area contributed by atoms with Gasteiger partial charge in [0.15, 0.2) is 11.9 Å². The summed E-state index contributed by atoms with van der Waals surface area (Å²) in [5.41, 5.74) is 1.03. The van der Waals surface area contributed by atoms with E-state index >= 15 is 0 Å². The van der Waals surface area contributed by atoms with Crippen molar-refractivity contribution in [3.63, 3.8) is 0 Å². The van der Waals surface area contributed by atoms with E-state index in [0.29, 0.717) is 12.2 Å². The number of rotatable bonds is 0. The van der Waals surface area contributed by atoms with E-state index < -0.39 is 0 Å². The Kier molecular flexibility index (Phi) is 1.53. The van der Waals surface area contributed by atoms with Gasteiger partial charge in [0.1, 0.15) is 8.42 Å². The van der Waals surface area contributed by atoms with Crippen LogP contribution in [0.25, 0.3) is 21.5 Å². The Labute approximate surface area is 97.8 Å². The van der Waals surface area contributed by atoms with E-state index in [-0.39, 0.29) is 0 Å². The Morgan fingerprint density at radius 2 is 1.88 bits per heavy atom. The maximum atomic E-state index is 8.12. The maximum Gasteiger partial charge on any atom is 0.186 e. The molecular weight excluding hydrogens is 194 g/mol. The number of aryl methyl sites for hydroxylation is 1. The van der Waals surface area contributed by atoms with Crippen molar-refractivity contribution >= 4 is 21.5 Å². The van der Waals surface area contributed by atoms with Crippen LogP contribution in [-0.4, -0.2) is 0 Å². The number of nitrogens with zero attached hydrogens (tertiary/aromatic N) is 1. The molecule has 78 valence electrons. The minimum atomic E-state index is 0.434. The molecule has 0 saturated heterocycles. The molecular formula is C15H14N+. The molecule has 0 atom stereocenters. The molecule has 0 amide bonds. The van der Waals surface area contributed by atoms with Crippen molar-refractivity contribution in [1.82, 2.24) is 0 Å². The topological polar surface area (TPSA) is 3.88 Å². The standard InChI is InChI=1S/C15H14N/c1-11-15-13(9-10-16(11)2)8-7-12-5-3-4-6-14(12)15/h3-10H,1-2H3/q+1/i8T,10T. The molecule has 1 nitrogen and oxygen atoms in total. The van der Waals surface area contributed by atoms with Crippen molar-refractivity contribution in [3.05, 3.63) is 54.3 Å². The lowest BCUT2D eigenvalue weighted by Gasteiger charge is -2.04. The van der Waals surface area contributed by atoms with Gasteiger partial charge in [-0.3, -0.25) is 0 Å². The van der Waals surface area contributed by atoms with Crippen LogP contribution in [0.15, 0.2) is 48.6 Å². The Bertz CT molecular complexity index is 778. The van der Waals surface area contributed by atoms with Crippen molar-refractivity contribution in [2.75, 3.05) is 0 Å². The second kappa shape index (κ2) is 3.31. The Morgan fingerprint density at radius 3 is 2.75 bits per heavy atom. The molecule has 1 heteroatoms. The normalized spacial score (nSPS) is 12.9. The SMILES string of the molecule is [3H]c1cc2ccccc2c2c(C)[n+](C)c([3H])cc12. The summed E-state index contributed by atoms with van der Waals surface area (Å²) in [5.74, 6) is 0. The van der Waals surface area contributed by atoms with E-state index in [9.17, 15) is 0 Å². The number of aromatic nitrogens is 1. The lowest BCUT2D eigenvalue weighted by Crippen LogP contribution is -2.31. The number of hydrogen-bond acceptors (Lipinski definition) is 0. The van der Waals surface area contributed by atoms with E-state index in [4.69, 9.17) is 2.74 Å². The molecule has 0 fully saturated rings. The highest BCUT2D eigenvalue weighted by Gasteiger charge is 2.09. The van der Waals surface area contributed by atoms with Crippen LogP contribution in [0.1, 0.15) is 8.44 Å². The molecule has 0 saturated carbocycles. The molecule has 0 aliphatic heterocycles. The molecule has 0 N–H and O–H groups in total. The van der Waals surface area contributed by atoms with Crippen LogP contribution >= 0.6 is 0 Å². The van der Waals surface area contributed by atoms with Gasteiger partial charge in [-0.2, -0.15) is 0 Å². The number of benzene rings is 2. The van der Waals surface area contributed by atoms with Crippen molar-refractivity contribution in [2.45, 2.75) is 6.92 Å². The molecule has 3 aromatic rings. The summed E-state index contributed by atoms with van der Waals surface area (Å²) in [6, 6.07) is 12.2. The summed E-state index contributed by atoms with van der Waals surface area (Å²) in [4.78, 5) is 0. The molecule has 0 spiro atoms. The fourth-order valence-corrected chi connectivity index (χ4v) is 2.15. The lowest BCUT2D eigenvalue weighted by atomic mass is 10.0. The fourth-order valence-electron chi connectivity index (χ4n) is 2.15. The Morgan fingerprint density at radius 1 is 1.06 bits per heavy atom. The molecule has 0 unspecified atom stereocenters. The third-order valence-electron chi connectivity index (χ3n) is 3.15. The van der Waals surface area contributed by atoms with Crippen molar-refractivity contribution < 1.29 is 7.31 Å². The molecule has 1 aromatic heterocycles. The quantitative estimate of drug-likeness (QED) is 0.398. The summed E-state index contributed by atoms with van der Waals surface area (Å²) in [6.45, 7) is 2.01. The molecule has 0 radical (unpaired) electrons. The summed E-state index contributed by atoms with van der Waals surface area (Å²) < 4.78 is 17.9. The van der Waals surface area contributed by atoms with Gasteiger partial charge in [-0.05, 0) is 16.2 Å². The van der Waals surface area contributed by atoms with E-state index in [2.05, 4.69) is 6.07 Å². The zero-order valence-corrected chi connectivity index (χ0v) is 9.41. The minimum Gasteiger partial charge on any atom is -0.205 e. The average Bonchev–Trinajstić information content (AvgIpc) is 2.36. The fraction of sp³-hybridized carbons (Fsp3) is 0.133. The third kappa shape index (κ3) is 1.21. The van der Waals surface area contributed by atoms with Gasteiger partial charge in [-0.1, -0.05) is 36.4 Å². The molecule has 0 aliphatic rings. The van der Waals surface area contributed by atoms with Crippen molar-refractivity contribution in [3.8, 4) is 0 Å². The van der Waals surface area contributed by atoms with Gasteiger partial charge < -0.3 is 0 Å². The monoisotopic (exact) mass is 212 g/mol. The second-order valence-corrected chi connectivity index (χ2v) is 4.08. The zero-order valence-electron chi connectivity index (χ0n) is 11.4. The predicted molar refractivity (Wildman–Crippen MR) is 67.4 cm³/mol. The molecule has 2 aromatic carbocycles. The summed E-state index contributed by atoms with van der Waals surface area (Å²) >= 11 is 0. The van der Waals surface area contributed by atoms with Crippen LogP contribution in [0.4, 0.5) is 0 Å². The van der Waals surface area contributed by atoms with Gasteiger partial charge in [0, 0.05) is 13.0 Å². The molecule has 16 heavy (non-hydrogen) atoms. The van der Waals surface area contributed by atoms with Gasteiger partial charge in [0.25, 0.3) is 0 Å². The Hall–Kier alpha value is -1.89. The largest absolute Gasteiger partial charge is 0.205 e. The summed E-state index contributed by atoms with van der Waals surface area (Å²) in [5, 5.41) is 4.17. The Balaban J connectivity index is 2.67. The van der Waals surface area contributed by atoms with Crippen LogP contribution in [0.3, 0.4) is 0 Å². The molecule has 0 bridgehead atoms. The maximum absolute atomic E-state index is 8.12. The van der Waals surface area contributed by atoms with Crippen LogP contribution in [0.2, 0.25) is 0 Å². The first kappa shape index (κ1) is 7.39. The van der Waals surface area contributed by atoms with Gasteiger partial charge in [0.2, 0.25) is 0 Å². The number of fused-ring (bicyclic) bond motifs is 3. The van der Waals surface area contributed by atoms with E-state index in [1.807, 2.05) is 42.8 Å². The number of pyridine rings is 1. The average molecular weight is 212 g/mol. The van der Waals surface area contributed by atoms with E-state index in [1.165, 1.54) is 0 Å². The van der Waals surface area contributed by atoms with Crippen molar-refractivity contribution in [1.29, 1.82) is 0 Å². The zero-order chi connectivity index (χ0) is 12.9. The highest BCUT2D eigenvalue weighted by molar-refractivity contribution is 6.07. The lowest BCUT2D eigenvalue weighted by molar-refractivity contribution is -0.676. The minimum absolute atomic E-state index is 0.434. The molecule has 0 aliphatic carbocycles. The number of hydrogen-bond donors (Lipinski definition) is 0. The second-order valence-electron chi connectivity index (χ2n) is 4.08. The van der Waals surface area contributed by atoms with E-state index in [0.717, 1.165) is 27.2 Å². The first-order valence-electron chi connectivity index (χ1n) is 6.38. The molecule has 1 heterocycles. The van der Waals surface area contributed by atoms with Crippen LogP contribution in [-0.2, 0) is 7.05 Å². The first-order chi connectivity index (χ1) is 8.59. The highest BCUT2D eigenvalue weighted by Crippen LogP contribution is 2.25. The van der Waals surface area contributed by atoms with Crippen LogP contribution in [0.5, 0.6) is 0 Å². The van der Waals surface area contributed by atoms with Gasteiger partial charge in [-0.15, -0.1) is 0 Å². The molecule has 3 rings (SSSR count). The van der Waals surface area contributed by atoms with Crippen LogP contribution in [0, 0.1) is 6.92 Å². The highest BCUT2D eigenvalue weighted by atomic mass is 14.9. The van der Waals surface area contributed by atoms with Crippen LogP contribution < -0.4 is 4.57 Å². The predicted octanol–water partition coefficient (Wildman–Crippen LogP) is 3.13. The summed E-state index contributed by atoms with van der Waals surface area (Å²) in [7, 11) is 1.89. The first-order valence-corrected chi connectivity index (χ1v) is 5.38. The smallest absolute Gasteiger partial charge is 0.186 e. The summed E-state index contributed by atoms with van der Waals surface area (Å²) in [6.07, 6.45) is 0.434. The van der Waals surface area contributed by atoms with Gasteiger partial charge in [0.05, 0.1) is 6.76 Å².